The van der Waals surface area contributed by atoms with Crippen LogP contribution >= 0.6 is 15.9 Å². The Balaban J connectivity index is 2.10. The van der Waals surface area contributed by atoms with Gasteiger partial charge in [0.2, 0.25) is 11.8 Å². The molecule has 0 radical (unpaired) electrons. The van der Waals surface area contributed by atoms with Crippen LogP contribution < -0.4 is 10.5 Å². The van der Waals surface area contributed by atoms with E-state index < -0.39 is 0 Å². The molecule has 0 atom stereocenters. The van der Waals surface area contributed by atoms with E-state index in [4.69, 9.17) is 10.5 Å². The van der Waals surface area contributed by atoms with E-state index in [-0.39, 0.29) is 11.8 Å². The molecule has 6 heteroatoms. The number of aromatic nitrogens is 2. The van der Waals surface area contributed by atoms with Gasteiger partial charge >= 0.3 is 0 Å². The van der Waals surface area contributed by atoms with Gasteiger partial charge in [0.05, 0.1) is 15.4 Å². The predicted molar refractivity (Wildman–Crippen MR) is 78.1 cm³/mol. The van der Waals surface area contributed by atoms with Gasteiger partial charge in [-0.3, -0.25) is 0 Å². The van der Waals surface area contributed by atoms with Crippen LogP contribution in [0.1, 0.15) is 0 Å². The van der Waals surface area contributed by atoms with Gasteiger partial charge in [0.25, 0.3) is 0 Å². The number of fused-ring (bicyclic) bond motifs is 1. The minimum atomic E-state index is -0.351. The minimum absolute atomic E-state index is 0.122. The van der Waals surface area contributed by atoms with Crippen LogP contribution in [0.25, 0.3) is 10.9 Å². The molecule has 0 saturated heterocycles. The maximum Gasteiger partial charge on any atom is 0.232 e. The first-order chi connectivity index (χ1) is 9.63. The zero-order chi connectivity index (χ0) is 14.1. The van der Waals surface area contributed by atoms with Crippen molar-refractivity contribution in [1.82, 2.24) is 9.97 Å². The summed E-state index contributed by atoms with van der Waals surface area (Å²) in [4.78, 5) is 8.22. The van der Waals surface area contributed by atoms with E-state index in [1.54, 1.807) is 0 Å². The lowest BCUT2D eigenvalue weighted by atomic mass is 10.2. The fourth-order valence-electron chi connectivity index (χ4n) is 1.80. The van der Waals surface area contributed by atoms with Crippen LogP contribution in [0.5, 0.6) is 11.6 Å². The highest BCUT2D eigenvalue weighted by atomic mass is 79.9. The maximum atomic E-state index is 13.1. The molecule has 0 spiro atoms. The molecule has 0 unspecified atom stereocenters. The molecule has 3 rings (SSSR count). The summed E-state index contributed by atoms with van der Waals surface area (Å²) in [6.45, 7) is 0. The lowest BCUT2D eigenvalue weighted by Gasteiger charge is -2.09. The molecule has 20 heavy (non-hydrogen) atoms. The van der Waals surface area contributed by atoms with Crippen LogP contribution in [0.3, 0.4) is 0 Å². The number of hydrogen-bond acceptors (Lipinski definition) is 4. The molecule has 4 nitrogen and oxygen atoms in total. The summed E-state index contributed by atoms with van der Waals surface area (Å²) < 4.78 is 19.3. The van der Waals surface area contributed by atoms with Crippen LogP contribution in [0.2, 0.25) is 0 Å². The summed E-state index contributed by atoms with van der Waals surface area (Å²) in [6, 6.07) is 11.5. The third-order valence-electron chi connectivity index (χ3n) is 2.69. The summed E-state index contributed by atoms with van der Waals surface area (Å²) in [5.74, 6) is 0.559. The van der Waals surface area contributed by atoms with E-state index in [0.29, 0.717) is 21.6 Å². The van der Waals surface area contributed by atoms with Gasteiger partial charge in [-0.25, -0.2) is 9.37 Å². The number of nitrogen functional groups attached to an aromatic ring is 1. The van der Waals surface area contributed by atoms with Crippen molar-refractivity contribution in [2.75, 3.05) is 5.73 Å². The molecule has 100 valence electrons. The van der Waals surface area contributed by atoms with Gasteiger partial charge in [0.15, 0.2) is 0 Å². The van der Waals surface area contributed by atoms with Crippen molar-refractivity contribution in [3.63, 3.8) is 0 Å². The highest BCUT2D eigenvalue weighted by Gasteiger charge is 2.10. The number of rotatable bonds is 2. The molecule has 0 amide bonds. The standard InChI is InChI=1S/C14H9BrFN3O/c15-10-7-8(16)5-6-12(10)20-13-9-3-1-2-4-11(9)18-14(17)19-13/h1-7H,(H2,17,18,19). The van der Waals surface area contributed by atoms with Crippen LogP contribution in [0.4, 0.5) is 10.3 Å². The molecule has 0 bridgehead atoms. The van der Waals surface area contributed by atoms with Crippen molar-refractivity contribution in [3.05, 3.63) is 52.8 Å². The Hall–Kier alpha value is -2.21. The van der Waals surface area contributed by atoms with Crippen LogP contribution in [-0.4, -0.2) is 9.97 Å². The molecule has 2 N–H and O–H groups in total. The third-order valence-corrected chi connectivity index (χ3v) is 3.31. The average molecular weight is 334 g/mol. The largest absolute Gasteiger partial charge is 0.437 e. The van der Waals surface area contributed by atoms with Crippen molar-refractivity contribution in [2.45, 2.75) is 0 Å². The van der Waals surface area contributed by atoms with E-state index >= 15 is 0 Å². The second kappa shape index (κ2) is 5.05. The maximum absolute atomic E-state index is 13.1. The number of anilines is 1. The first-order valence-electron chi connectivity index (χ1n) is 5.78. The van der Waals surface area contributed by atoms with Crippen molar-refractivity contribution >= 4 is 32.8 Å². The molecule has 3 aromatic rings. The number of ether oxygens (including phenoxy) is 1. The first-order valence-corrected chi connectivity index (χ1v) is 6.58. The lowest BCUT2D eigenvalue weighted by molar-refractivity contribution is 0.464. The zero-order valence-corrected chi connectivity index (χ0v) is 11.8. The number of nitrogens with two attached hydrogens (primary N) is 1. The summed E-state index contributed by atoms with van der Waals surface area (Å²) >= 11 is 3.25. The van der Waals surface area contributed by atoms with Gasteiger partial charge in [0.1, 0.15) is 11.6 Å². The van der Waals surface area contributed by atoms with Crippen molar-refractivity contribution in [1.29, 1.82) is 0 Å². The smallest absolute Gasteiger partial charge is 0.232 e. The fourth-order valence-corrected chi connectivity index (χ4v) is 2.24. The predicted octanol–water partition coefficient (Wildman–Crippen LogP) is 3.91. The van der Waals surface area contributed by atoms with Crippen molar-refractivity contribution in [2.24, 2.45) is 0 Å². The fraction of sp³-hybridized carbons (Fsp3) is 0. The Morgan fingerprint density at radius 3 is 2.70 bits per heavy atom. The number of nitrogens with zero attached hydrogens (tertiary/aromatic N) is 2. The SMILES string of the molecule is Nc1nc(Oc2ccc(F)cc2Br)c2ccccc2n1. The van der Waals surface area contributed by atoms with Crippen LogP contribution in [-0.2, 0) is 0 Å². The van der Waals surface area contributed by atoms with Gasteiger partial charge in [-0.15, -0.1) is 0 Å². The zero-order valence-electron chi connectivity index (χ0n) is 10.2. The molecule has 0 aliphatic rings. The Kier molecular flexibility index (Phi) is 3.23. The molecule has 1 aromatic heterocycles. The van der Waals surface area contributed by atoms with E-state index in [0.717, 1.165) is 5.39 Å². The summed E-state index contributed by atoms with van der Waals surface area (Å²) in [5, 5.41) is 0.734. The minimum Gasteiger partial charge on any atom is -0.437 e. The lowest BCUT2D eigenvalue weighted by Crippen LogP contribution is -1.98. The molecular formula is C14H9BrFN3O. The number of para-hydroxylation sites is 1. The second-order valence-corrected chi connectivity index (χ2v) is 4.94. The highest BCUT2D eigenvalue weighted by molar-refractivity contribution is 9.10. The van der Waals surface area contributed by atoms with Gasteiger partial charge in [0, 0.05) is 0 Å². The van der Waals surface area contributed by atoms with Crippen LogP contribution in [0, 0.1) is 5.82 Å². The molecular weight excluding hydrogens is 325 g/mol. The highest BCUT2D eigenvalue weighted by Crippen LogP contribution is 2.32. The van der Waals surface area contributed by atoms with Gasteiger partial charge in [-0.05, 0) is 46.3 Å². The Morgan fingerprint density at radius 2 is 1.90 bits per heavy atom. The van der Waals surface area contributed by atoms with E-state index in [1.165, 1.54) is 18.2 Å². The number of hydrogen-bond donors (Lipinski definition) is 1. The Morgan fingerprint density at radius 1 is 1.10 bits per heavy atom. The first kappa shape index (κ1) is 12.8. The quantitative estimate of drug-likeness (QED) is 0.772. The third kappa shape index (κ3) is 2.42. The van der Waals surface area contributed by atoms with Crippen molar-refractivity contribution in [3.8, 4) is 11.6 Å². The second-order valence-electron chi connectivity index (χ2n) is 4.08. The molecule has 0 aliphatic heterocycles. The summed E-state index contributed by atoms with van der Waals surface area (Å²) in [6.07, 6.45) is 0. The van der Waals surface area contributed by atoms with E-state index in [1.807, 2.05) is 24.3 Å². The normalized spacial score (nSPS) is 10.7. The summed E-state index contributed by atoms with van der Waals surface area (Å²) in [5.41, 5.74) is 6.35. The molecule has 0 fully saturated rings. The van der Waals surface area contributed by atoms with Gasteiger partial charge in [-0.2, -0.15) is 4.98 Å². The van der Waals surface area contributed by atoms with Crippen LogP contribution in [0.15, 0.2) is 46.9 Å². The molecule has 1 heterocycles. The van der Waals surface area contributed by atoms with Gasteiger partial charge in [-0.1, -0.05) is 12.1 Å². The summed E-state index contributed by atoms with van der Waals surface area (Å²) in [7, 11) is 0. The van der Waals surface area contributed by atoms with E-state index in [9.17, 15) is 4.39 Å². The van der Waals surface area contributed by atoms with Gasteiger partial charge < -0.3 is 10.5 Å². The Labute approximate surface area is 122 Å². The number of benzene rings is 2. The van der Waals surface area contributed by atoms with Crippen molar-refractivity contribution < 1.29 is 9.13 Å². The molecule has 2 aromatic carbocycles. The topological polar surface area (TPSA) is 61.0 Å². The number of halogens is 2. The van der Waals surface area contributed by atoms with E-state index in [2.05, 4.69) is 25.9 Å². The average Bonchev–Trinajstić information content (AvgIpc) is 2.41. The molecule has 0 aliphatic carbocycles. The molecule has 0 saturated carbocycles. The Bertz CT molecular complexity index is 794. The monoisotopic (exact) mass is 333 g/mol.